The summed E-state index contributed by atoms with van der Waals surface area (Å²) in [6.07, 6.45) is 0. The Bertz CT molecular complexity index is 3290. The molecule has 7 aromatic carbocycles. The number of urea groups is 2. The second-order valence-corrected chi connectivity index (χ2v) is 20.7. The maximum Gasteiger partial charge on any atom is 0.339 e. The molecule has 0 fully saturated rings. The molecular weight excluding hydrogens is 961 g/mol. The van der Waals surface area contributed by atoms with Crippen LogP contribution in [0.15, 0.2) is 189 Å². The smallest absolute Gasteiger partial charge is 0.339 e. The summed E-state index contributed by atoms with van der Waals surface area (Å²) in [6.45, 7) is 3.47. The number of hydrogen-bond donors (Lipinski definition) is 4. The van der Waals surface area contributed by atoms with Gasteiger partial charge in [-0.25, -0.2) is 9.59 Å². The van der Waals surface area contributed by atoms with Crippen LogP contribution in [0.4, 0.5) is 32.3 Å². The Morgan fingerprint density at radius 1 is 0.324 bits per heavy atom. The van der Waals surface area contributed by atoms with E-state index in [9.17, 15) is 43.3 Å². The molecule has 0 atom stereocenters. The van der Waals surface area contributed by atoms with E-state index in [0.717, 1.165) is 24.3 Å². The highest BCUT2D eigenvalue weighted by atomic mass is 32.2. The molecule has 0 unspecified atom stereocenters. The fraction of sp³-hybridized carbons (Fsp3) is 0.0435. The minimum atomic E-state index is -4.68. The largest absolute Gasteiger partial charge is 0.379 e. The van der Waals surface area contributed by atoms with E-state index in [2.05, 4.69) is 21.3 Å². The van der Waals surface area contributed by atoms with Crippen molar-refractivity contribution in [2.24, 2.45) is 0 Å². The lowest BCUT2D eigenvalue weighted by atomic mass is 10.2. The van der Waals surface area contributed by atoms with E-state index in [-0.39, 0.29) is 55.5 Å². The predicted molar refractivity (Wildman–Crippen MR) is 251 cm³/mol. The summed E-state index contributed by atoms with van der Waals surface area (Å²) in [5.41, 5.74) is 1.96. The van der Waals surface area contributed by atoms with Gasteiger partial charge >= 0.3 is 52.5 Å². The first-order chi connectivity index (χ1) is 32.2. The number of benzene rings is 7. The number of rotatable bonds is 16. The molecule has 0 heterocycles. The molecule has 22 heteroatoms. The van der Waals surface area contributed by atoms with Crippen LogP contribution in [-0.2, 0) is 40.5 Å². The Morgan fingerprint density at radius 3 is 0.824 bits per heavy atom. The van der Waals surface area contributed by atoms with Crippen LogP contribution in [-0.4, -0.2) is 45.7 Å². The minimum absolute atomic E-state index is 0.0473. The van der Waals surface area contributed by atoms with Crippen LogP contribution < -0.4 is 38.0 Å². The molecule has 0 bridgehead atoms. The zero-order chi connectivity index (χ0) is 48.7. The Labute approximate surface area is 392 Å². The second kappa shape index (κ2) is 19.9. The predicted octanol–water partition coefficient (Wildman–Crippen LogP) is 8.66. The molecule has 4 N–H and O–H groups in total. The van der Waals surface area contributed by atoms with Crippen LogP contribution in [0.5, 0.6) is 23.0 Å². The van der Waals surface area contributed by atoms with Crippen LogP contribution >= 0.6 is 0 Å². The second-order valence-electron chi connectivity index (χ2n) is 14.5. The molecule has 7 rings (SSSR count). The van der Waals surface area contributed by atoms with Crippen molar-refractivity contribution in [3.05, 3.63) is 181 Å². The van der Waals surface area contributed by atoms with Gasteiger partial charge in [0.2, 0.25) is 0 Å². The van der Waals surface area contributed by atoms with Crippen LogP contribution in [0, 0.1) is 13.8 Å². The standard InChI is InChI=1S/C46H38N4O14S4/c1-31-10-3-20-41(24-31)65(53,54)61-37-16-5-12-33(26-37)47-45(51)49-35-14-7-18-39(28-35)63-67(57,58)43-22-9-23-44(30-43)68(59,60)64-40-19-8-15-36(29-40)50-46(52)48-34-13-6-17-38(27-34)62-66(55,56)42-21-4-11-32(2)25-42/h3-30H,1-2H3,(H2,47,49,51)(H2,48,50,52). The van der Waals surface area contributed by atoms with Gasteiger partial charge in [-0.15, -0.1) is 0 Å². The van der Waals surface area contributed by atoms with E-state index in [1.807, 2.05) is 0 Å². The van der Waals surface area contributed by atoms with Gasteiger partial charge in [-0.3, -0.25) is 0 Å². The van der Waals surface area contributed by atoms with E-state index < -0.39 is 62.3 Å². The van der Waals surface area contributed by atoms with Gasteiger partial charge in [-0.05, 0) is 116 Å². The molecule has 4 amide bonds. The molecule has 18 nitrogen and oxygen atoms in total. The first-order valence-corrected chi connectivity index (χ1v) is 25.4. The number of anilines is 4. The van der Waals surface area contributed by atoms with Crippen molar-refractivity contribution in [3.63, 3.8) is 0 Å². The Balaban J connectivity index is 0.948. The van der Waals surface area contributed by atoms with Crippen LogP contribution in [0.1, 0.15) is 11.1 Å². The maximum atomic E-state index is 13.4. The Morgan fingerprint density at radius 2 is 0.559 bits per heavy atom. The van der Waals surface area contributed by atoms with Crippen molar-refractivity contribution in [3.8, 4) is 23.0 Å². The third-order valence-electron chi connectivity index (χ3n) is 9.13. The monoisotopic (exact) mass is 998 g/mol. The molecule has 68 heavy (non-hydrogen) atoms. The number of nitrogens with one attached hydrogen (secondary N) is 4. The molecule has 0 saturated carbocycles. The molecule has 0 aromatic heterocycles. The van der Waals surface area contributed by atoms with Gasteiger partial charge in [-0.1, -0.05) is 54.6 Å². The summed E-state index contributed by atoms with van der Waals surface area (Å²) in [6, 6.07) is 36.8. The molecular formula is C46H38N4O14S4. The fourth-order valence-electron chi connectivity index (χ4n) is 6.12. The quantitative estimate of drug-likeness (QED) is 0.0661. The van der Waals surface area contributed by atoms with Crippen molar-refractivity contribution in [2.75, 3.05) is 21.3 Å². The number of hydrogen-bond acceptors (Lipinski definition) is 14. The van der Waals surface area contributed by atoms with E-state index in [4.69, 9.17) is 16.7 Å². The van der Waals surface area contributed by atoms with E-state index in [0.29, 0.717) is 11.1 Å². The highest BCUT2D eigenvalue weighted by Gasteiger charge is 2.24. The van der Waals surface area contributed by atoms with Crippen molar-refractivity contribution in [1.29, 1.82) is 0 Å². The number of amides is 4. The van der Waals surface area contributed by atoms with Crippen LogP contribution in [0.3, 0.4) is 0 Å². The molecule has 0 spiro atoms. The summed E-state index contributed by atoms with van der Waals surface area (Å²) in [4.78, 5) is 24.6. The summed E-state index contributed by atoms with van der Waals surface area (Å²) >= 11 is 0. The number of carbonyl (C=O) groups excluding carboxylic acids is 2. The van der Waals surface area contributed by atoms with Crippen molar-refractivity contribution in [1.82, 2.24) is 0 Å². The summed E-state index contributed by atoms with van der Waals surface area (Å²) in [5.74, 6) is -0.626. The topological polar surface area (TPSA) is 256 Å². The molecule has 350 valence electrons. The zero-order valence-corrected chi connectivity index (χ0v) is 38.8. The van der Waals surface area contributed by atoms with Gasteiger partial charge in [-0.2, -0.15) is 33.7 Å². The molecule has 0 aliphatic carbocycles. The molecule has 0 aliphatic heterocycles. The van der Waals surface area contributed by atoms with Crippen molar-refractivity contribution in [2.45, 2.75) is 33.4 Å². The SMILES string of the molecule is Cc1cccc(S(=O)(=O)Oc2cccc(NC(=O)Nc3cccc(OS(=O)(=O)c4cccc(S(=O)(=O)Oc5cccc(NC(=O)Nc6cccc(OS(=O)(=O)c7cccc(C)c7)c6)c5)c4)c3)c2)c1. The fourth-order valence-corrected chi connectivity index (χ4v) is 10.2. The average Bonchev–Trinajstić information content (AvgIpc) is 3.26. The summed E-state index contributed by atoms with van der Waals surface area (Å²) in [7, 11) is -17.7. The lowest BCUT2D eigenvalue weighted by Crippen LogP contribution is -2.19. The molecule has 0 aliphatic rings. The molecule has 0 radical (unpaired) electrons. The van der Waals surface area contributed by atoms with Gasteiger partial charge in [0.25, 0.3) is 0 Å². The first-order valence-electron chi connectivity index (χ1n) is 19.8. The van der Waals surface area contributed by atoms with E-state index >= 15 is 0 Å². The maximum absolute atomic E-state index is 13.4. The van der Waals surface area contributed by atoms with Crippen molar-refractivity contribution < 1.29 is 60.0 Å². The van der Waals surface area contributed by atoms with Gasteiger partial charge in [0.05, 0.1) is 0 Å². The third kappa shape index (κ3) is 12.7. The molecule has 0 saturated heterocycles. The van der Waals surface area contributed by atoms with Gasteiger partial charge in [0.1, 0.15) is 42.6 Å². The first kappa shape index (κ1) is 48.0. The van der Waals surface area contributed by atoms with Crippen LogP contribution in [0.25, 0.3) is 0 Å². The zero-order valence-electron chi connectivity index (χ0n) is 35.5. The average molecular weight is 999 g/mol. The molecule has 7 aromatic rings. The van der Waals surface area contributed by atoms with Gasteiger partial charge < -0.3 is 38.0 Å². The summed E-state index contributed by atoms with van der Waals surface area (Å²) in [5, 5.41) is 10.1. The lowest BCUT2D eigenvalue weighted by Gasteiger charge is -2.13. The van der Waals surface area contributed by atoms with Crippen molar-refractivity contribution >= 4 is 75.3 Å². The highest BCUT2D eigenvalue weighted by Crippen LogP contribution is 2.28. The van der Waals surface area contributed by atoms with Gasteiger partial charge in [0.15, 0.2) is 0 Å². The summed E-state index contributed by atoms with van der Waals surface area (Å²) < 4.78 is 126. The van der Waals surface area contributed by atoms with E-state index in [1.165, 1.54) is 121 Å². The van der Waals surface area contributed by atoms with Crippen LogP contribution in [0.2, 0.25) is 0 Å². The Kier molecular flexibility index (Phi) is 14.1. The van der Waals surface area contributed by atoms with Gasteiger partial charge in [0, 0.05) is 47.0 Å². The number of aryl methyl sites for hydroxylation is 2. The third-order valence-corrected chi connectivity index (χ3v) is 14.1. The minimum Gasteiger partial charge on any atom is -0.379 e. The lowest BCUT2D eigenvalue weighted by molar-refractivity contribution is 0.261. The number of carbonyl (C=O) groups is 2. The van der Waals surface area contributed by atoms with E-state index in [1.54, 1.807) is 38.1 Å². The Hall–Kier alpha value is -7.92. The highest BCUT2D eigenvalue weighted by molar-refractivity contribution is 7.88. The normalized spacial score (nSPS) is 11.7.